The molecule has 2 aliphatic rings. The molecule has 0 spiro atoms. The SMILES string of the molecule is CC1C(=O)NCCN1C(=O)c1ccc2c(c1)OCCCO2. The van der Waals surface area contributed by atoms with E-state index < -0.39 is 6.04 Å². The second-order valence-corrected chi connectivity index (χ2v) is 5.18. The van der Waals surface area contributed by atoms with Crippen LogP contribution in [0.25, 0.3) is 0 Å². The van der Waals surface area contributed by atoms with E-state index in [-0.39, 0.29) is 11.8 Å². The molecular weight excluding hydrogens is 272 g/mol. The monoisotopic (exact) mass is 290 g/mol. The summed E-state index contributed by atoms with van der Waals surface area (Å²) >= 11 is 0. The van der Waals surface area contributed by atoms with Crippen molar-refractivity contribution in [1.29, 1.82) is 0 Å². The smallest absolute Gasteiger partial charge is 0.254 e. The van der Waals surface area contributed by atoms with Crippen molar-refractivity contribution in [3.63, 3.8) is 0 Å². The van der Waals surface area contributed by atoms with Crippen molar-refractivity contribution in [2.75, 3.05) is 26.3 Å². The molecule has 112 valence electrons. The summed E-state index contributed by atoms with van der Waals surface area (Å²) < 4.78 is 11.2. The number of benzene rings is 1. The first-order valence-corrected chi connectivity index (χ1v) is 7.15. The highest BCUT2D eigenvalue weighted by molar-refractivity contribution is 5.98. The molecule has 2 amide bonds. The minimum absolute atomic E-state index is 0.121. The van der Waals surface area contributed by atoms with Crippen molar-refractivity contribution in [1.82, 2.24) is 10.2 Å². The molecule has 2 heterocycles. The molecule has 0 aromatic heterocycles. The molecule has 2 aliphatic heterocycles. The van der Waals surface area contributed by atoms with Crippen molar-refractivity contribution >= 4 is 11.8 Å². The number of carbonyl (C=O) groups excluding carboxylic acids is 2. The number of hydrogen-bond acceptors (Lipinski definition) is 4. The quantitative estimate of drug-likeness (QED) is 0.831. The van der Waals surface area contributed by atoms with Gasteiger partial charge in [-0.25, -0.2) is 0 Å². The first-order valence-electron chi connectivity index (χ1n) is 7.15. The second-order valence-electron chi connectivity index (χ2n) is 5.18. The molecule has 1 atom stereocenters. The van der Waals surface area contributed by atoms with Crippen LogP contribution in [0.5, 0.6) is 11.5 Å². The molecular formula is C15H18N2O4. The summed E-state index contributed by atoms with van der Waals surface area (Å²) in [6.45, 7) is 3.92. The lowest BCUT2D eigenvalue weighted by molar-refractivity contribution is -0.127. The maximum absolute atomic E-state index is 12.6. The van der Waals surface area contributed by atoms with Gasteiger partial charge in [0.2, 0.25) is 5.91 Å². The predicted molar refractivity (Wildman–Crippen MR) is 75.6 cm³/mol. The van der Waals surface area contributed by atoms with Gasteiger partial charge in [-0.1, -0.05) is 0 Å². The van der Waals surface area contributed by atoms with Gasteiger partial charge in [0.1, 0.15) is 6.04 Å². The Balaban J connectivity index is 1.84. The molecule has 1 fully saturated rings. The standard InChI is InChI=1S/C15H18N2O4/c1-10-14(18)16-5-6-17(10)15(19)11-3-4-12-13(9-11)21-8-2-7-20-12/h3-4,9-10H,2,5-8H2,1H3,(H,16,18). The van der Waals surface area contributed by atoms with E-state index in [1.54, 1.807) is 30.0 Å². The normalized spacial score (nSPS) is 21.5. The molecule has 0 aliphatic carbocycles. The summed E-state index contributed by atoms with van der Waals surface area (Å²) in [5.74, 6) is 0.970. The number of hydrogen-bond donors (Lipinski definition) is 1. The Labute approximate surface area is 123 Å². The van der Waals surface area contributed by atoms with Gasteiger partial charge in [0.25, 0.3) is 5.91 Å². The van der Waals surface area contributed by atoms with Gasteiger partial charge < -0.3 is 19.7 Å². The molecule has 0 radical (unpaired) electrons. The highest BCUT2D eigenvalue weighted by Crippen LogP contribution is 2.31. The Morgan fingerprint density at radius 3 is 2.86 bits per heavy atom. The van der Waals surface area contributed by atoms with Gasteiger partial charge in [-0.05, 0) is 25.1 Å². The van der Waals surface area contributed by atoms with Crippen molar-refractivity contribution in [3.8, 4) is 11.5 Å². The molecule has 3 rings (SSSR count). The van der Waals surface area contributed by atoms with Crippen LogP contribution < -0.4 is 14.8 Å². The maximum atomic E-state index is 12.6. The predicted octanol–water partition coefficient (Wildman–Crippen LogP) is 0.808. The van der Waals surface area contributed by atoms with Crippen LogP contribution in [-0.4, -0.2) is 49.1 Å². The molecule has 1 aromatic rings. The summed E-state index contributed by atoms with van der Waals surface area (Å²) in [7, 11) is 0. The van der Waals surface area contributed by atoms with Gasteiger partial charge in [-0.15, -0.1) is 0 Å². The first kappa shape index (κ1) is 13.7. The molecule has 1 unspecified atom stereocenters. The highest BCUT2D eigenvalue weighted by Gasteiger charge is 2.30. The number of ether oxygens (including phenoxy) is 2. The molecule has 21 heavy (non-hydrogen) atoms. The second kappa shape index (κ2) is 5.63. The number of rotatable bonds is 1. The average Bonchev–Trinajstić information content (AvgIpc) is 2.74. The lowest BCUT2D eigenvalue weighted by Gasteiger charge is -2.32. The highest BCUT2D eigenvalue weighted by atomic mass is 16.5. The number of nitrogens with one attached hydrogen (secondary N) is 1. The zero-order valence-corrected chi connectivity index (χ0v) is 11.9. The fraction of sp³-hybridized carbons (Fsp3) is 0.467. The van der Waals surface area contributed by atoms with E-state index in [1.807, 2.05) is 0 Å². The summed E-state index contributed by atoms with van der Waals surface area (Å²) in [5.41, 5.74) is 0.515. The Kier molecular flexibility index (Phi) is 3.68. The lowest BCUT2D eigenvalue weighted by Crippen LogP contribution is -2.55. The van der Waals surface area contributed by atoms with Crippen LogP contribution >= 0.6 is 0 Å². The molecule has 1 saturated heterocycles. The summed E-state index contributed by atoms with van der Waals surface area (Å²) in [6, 6.07) is 4.71. The van der Waals surface area contributed by atoms with Gasteiger partial charge in [-0.2, -0.15) is 0 Å². The van der Waals surface area contributed by atoms with E-state index in [4.69, 9.17) is 9.47 Å². The Bertz CT molecular complexity index is 573. The number of amides is 2. The third-order valence-electron chi connectivity index (χ3n) is 3.75. The van der Waals surface area contributed by atoms with Crippen LogP contribution in [0.2, 0.25) is 0 Å². The fourth-order valence-electron chi connectivity index (χ4n) is 2.52. The van der Waals surface area contributed by atoms with Gasteiger partial charge in [0.15, 0.2) is 11.5 Å². The number of piperazine rings is 1. The van der Waals surface area contributed by atoms with E-state index in [2.05, 4.69) is 5.32 Å². The molecule has 1 aromatic carbocycles. The van der Waals surface area contributed by atoms with E-state index in [0.717, 1.165) is 6.42 Å². The van der Waals surface area contributed by atoms with Crippen molar-refractivity contribution in [2.45, 2.75) is 19.4 Å². The van der Waals surface area contributed by atoms with E-state index in [0.29, 0.717) is 43.4 Å². The topological polar surface area (TPSA) is 67.9 Å². The van der Waals surface area contributed by atoms with Crippen LogP contribution in [0, 0.1) is 0 Å². The van der Waals surface area contributed by atoms with Crippen molar-refractivity contribution in [2.24, 2.45) is 0 Å². The van der Waals surface area contributed by atoms with Crippen LogP contribution in [0.15, 0.2) is 18.2 Å². The molecule has 6 heteroatoms. The number of nitrogens with zero attached hydrogens (tertiary/aromatic N) is 1. The lowest BCUT2D eigenvalue weighted by atomic mass is 10.1. The minimum atomic E-state index is -0.456. The summed E-state index contributed by atoms with van der Waals surface area (Å²) in [4.78, 5) is 25.8. The fourth-order valence-corrected chi connectivity index (χ4v) is 2.52. The Morgan fingerprint density at radius 1 is 1.29 bits per heavy atom. The van der Waals surface area contributed by atoms with Crippen LogP contribution in [0.1, 0.15) is 23.7 Å². The Hall–Kier alpha value is -2.24. The molecule has 0 saturated carbocycles. The Morgan fingerprint density at radius 2 is 2.05 bits per heavy atom. The minimum Gasteiger partial charge on any atom is -0.490 e. The largest absolute Gasteiger partial charge is 0.490 e. The van der Waals surface area contributed by atoms with Crippen LogP contribution in [0.3, 0.4) is 0 Å². The van der Waals surface area contributed by atoms with E-state index >= 15 is 0 Å². The van der Waals surface area contributed by atoms with Gasteiger partial charge in [0.05, 0.1) is 13.2 Å². The van der Waals surface area contributed by atoms with Gasteiger partial charge >= 0.3 is 0 Å². The molecule has 0 bridgehead atoms. The zero-order chi connectivity index (χ0) is 14.8. The van der Waals surface area contributed by atoms with E-state index in [9.17, 15) is 9.59 Å². The van der Waals surface area contributed by atoms with Crippen LogP contribution in [0.4, 0.5) is 0 Å². The van der Waals surface area contributed by atoms with Gasteiger partial charge in [-0.3, -0.25) is 9.59 Å². The summed E-state index contributed by atoms with van der Waals surface area (Å²) in [5, 5.41) is 2.75. The van der Waals surface area contributed by atoms with Crippen LogP contribution in [-0.2, 0) is 4.79 Å². The third kappa shape index (κ3) is 2.66. The number of fused-ring (bicyclic) bond motifs is 1. The maximum Gasteiger partial charge on any atom is 0.254 e. The zero-order valence-electron chi connectivity index (χ0n) is 11.9. The molecule has 1 N–H and O–H groups in total. The van der Waals surface area contributed by atoms with Gasteiger partial charge in [0, 0.05) is 25.1 Å². The van der Waals surface area contributed by atoms with Crippen molar-refractivity contribution < 1.29 is 19.1 Å². The first-order chi connectivity index (χ1) is 10.2. The van der Waals surface area contributed by atoms with Crippen molar-refractivity contribution in [3.05, 3.63) is 23.8 Å². The third-order valence-corrected chi connectivity index (χ3v) is 3.75. The average molecular weight is 290 g/mol. The summed E-state index contributed by atoms with van der Waals surface area (Å²) in [6.07, 6.45) is 0.821. The molecule has 6 nitrogen and oxygen atoms in total. The number of carbonyl (C=O) groups is 2. The van der Waals surface area contributed by atoms with E-state index in [1.165, 1.54) is 0 Å².